The Labute approximate surface area is 199 Å². The Balaban J connectivity index is 1.34. The Kier molecular flexibility index (Phi) is 7.65. The van der Waals surface area contributed by atoms with E-state index in [1.165, 1.54) is 0 Å². The van der Waals surface area contributed by atoms with Crippen LogP contribution >= 0.6 is 11.6 Å². The van der Waals surface area contributed by atoms with Crippen molar-refractivity contribution in [2.24, 2.45) is 0 Å². The number of carbonyl (C=O) groups is 3. The van der Waals surface area contributed by atoms with E-state index in [9.17, 15) is 14.4 Å². The van der Waals surface area contributed by atoms with Gasteiger partial charge in [-0.3, -0.25) is 14.4 Å². The largest absolute Gasteiger partial charge is 0.486 e. The lowest BCUT2D eigenvalue weighted by molar-refractivity contribution is -0.146. The summed E-state index contributed by atoms with van der Waals surface area (Å²) in [5.74, 6) is 0.344. The molecule has 0 bridgehead atoms. The van der Waals surface area contributed by atoms with E-state index >= 15 is 0 Å². The number of ketones is 1. The lowest BCUT2D eigenvalue weighted by Crippen LogP contribution is -2.51. The fourth-order valence-electron chi connectivity index (χ4n) is 4.70. The second-order valence-corrected chi connectivity index (χ2v) is 9.07. The highest BCUT2D eigenvalue weighted by Gasteiger charge is 2.41. The molecule has 2 aromatic carbocycles. The van der Waals surface area contributed by atoms with E-state index in [0.29, 0.717) is 49.5 Å². The fourth-order valence-corrected chi connectivity index (χ4v) is 4.83. The first-order chi connectivity index (χ1) is 16.0. The molecule has 0 saturated carbocycles. The number of hydrogen-bond donors (Lipinski definition) is 0. The number of aryl methyl sites for hydroxylation is 1. The molecule has 2 aliphatic rings. The summed E-state index contributed by atoms with van der Waals surface area (Å²) in [4.78, 5) is 42.5. The number of Topliss-reactive ketones (excluding diaryl/α,β-unsaturated/α-hetero) is 1. The van der Waals surface area contributed by atoms with Gasteiger partial charge in [-0.05, 0) is 61.9 Å². The predicted octanol–water partition coefficient (Wildman–Crippen LogP) is 3.90. The van der Waals surface area contributed by atoms with Crippen molar-refractivity contribution in [2.75, 3.05) is 19.7 Å². The maximum absolute atomic E-state index is 13.4. The summed E-state index contributed by atoms with van der Waals surface area (Å²) in [6, 6.07) is 15.8. The van der Waals surface area contributed by atoms with E-state index in [2.05, 4.69) is 0 Å². The fraction of sp³-hybridized carbons (Fsp3) is 0.423. The zero-order chi connectivity index (χ0) is 23.2. The van der Waals surface area contributed by atoms with E-state index in [0.717, 1.165) is 18.4 Å². The van der Waals surface area contributed by atoms with Crippen LogP contribution in [-0.4, -0.2) is 59.2 Å². The lowest BCUT2D eigenvalue weighted by Gasteiger charge is -2.31. The highest BCUT2D eigenvalue weighted by atomic mass is 35.5. The maximum Gasteiger partial charge on any atom is 0.245 e. The first kappa shape index (κ1) is 23.3. The minimum Gasteiger partial charge on any atom is -0.486 e. The Hall–Kier alpha value is -2.86. The number of ether oxygens (including phenoxy) is 1. The maximum atomic E-state index is 13.4. The standard InChI is InChI=1S/C26H29ClN2O4/c27-20-11-13-21(14-12-20)33-18-24(30)22-8-4-17-29(22)26(32)23-9-5-16-28(23)25(31)15-10-19-6-2-1-3-7-19/h1-3,6-7,11-14,22-23H,4-5,8-10,15-18H2/t22-,23-/m0/s1. The molecular weight excluding hydrogens is 440 g/mol. The molecule has 0 spiro atoms. The van der Waals surface area contributed by atoms with Gasteiger partial charge in [-0.25, -0.2) is 0 Å². The second kappa shape index (κ2) is 10.8. The van der Waals surface area contributed by atoms with Gasteiger partial charge in [0.2, 0.25) is 11.8 Å². The zero-order valence-corrected chi connectivity index (χ0v) is 19.4. The molecule has 7 heteroatoms. The van der Waals surface area contributed by atoms with Crippen LogP contribution in [0.1, 0.15) is 37.7 Å². The smallest absolute Gasteiger partial charge is 0.245 e. The van der Waals surface area contributed by atoms with E-state index in [1.807, 2.05) is 30.3 Å². The Morgan fingerprint density at radius 2 is 1.55 bits per heavy atom. The average molecular weight is 469 g/mol. The molecule has 2 heterocycles. The molecule has 2 amide bonds. The van der Waals surface area contributed by atoms with Gasteiger partial charge in [-0.1, -0.05) is 41.9 Å². The van der Waals surface area contributed by atoms with Crippen LogP contribution in [-0.2, 0) is 20.8 Å². The summed E-state index contributed by atoms with van der Waals surface area (Å²) in [6.45, 7) is 1.04. The van der Waals surface area contributed by atoms with Crippen molar-refractivity contribution in [1.82, 2.24) is 9.80 Å². The molecule has 4 rings (SSSR count). The summed E-state index contributed by atoms with van der Waals surface area (Å²) in [6.07, 6.45) is 3.89. The van der Waals surface area contributed by atoms with Gasteiger partial charge in [0.15, 0.2) is 5.78 Å². The molecule has 6 nitrogen and oxygen atoms in total. The number of benzene rings is 2. The third kappa shape index (κ3) is 5.74. The van der Waals surface area contributed by atoms with Crippen LogP contribution in [0.25, 0.3) is 0 Å². The number of likely N-dealkylation sites (tertiary alicyclic amines) is 2. The van der Waals surface area contributed by atoms with Gasteiger partial charge in [-0.2, -0.15) is 0 Å². The molecule has 33 heavy (non-hydrogen) atoms. The van der Waals surface area contributed by atoms with E-state index in [1.54, 1.807) is 34.1 Å². The van der Waals surface area contributed by atoms with E-state index in [-0.39, 0.29) is 24.2 Å². The minimum absolute atomic E-state index is 0.00264. The molecule has 2 aromatic rings. The van der Waals surface area contributed by atoms with Gasteiger partial charge < -0.3 is 14.5 Å². The number of carbonyl (C=O) groups excluding carboxylic acids is 3. The van der Waals surface area contributed by atoms with Crippen LogP contribution in [0.2, 0.25) is 5.02 Å². The summed E-state index contributed by atoms with van der Waals surface area (Å²) >= 11 is 5.88. The SMILES string of the molecule is O=C(COc1ccc(Cl)cc1)[C@@H]1CCCN1C(=O)[C@@H]1CCCN1C(=O)CCc1ccccc1. The van der Waals surface area contributed by atoms with Crippen molar-refractivity contribution >= 4 is 29.2 Å². The topological polar surface area (TPSA) is 66.9 Å². The van der Waals surface area contributed by atoms with Gasteiger partial charge in [-0.15, -0.1) is 0 Å². The summed E-state index contributed by atoms with van der Waals surface area (Å²) in [5, 5.41) is 0.598. The van der Waals surface area contributed by atoms with Gasteiger partial charge in [0.05, 0.1) is 6.04 Å². The Morgan fingerprint density at radius 3 is 2.27 bits per heavy atom. The molecule has 0 unspecified atom stereocenters. The quantitative estimate of drug-likeness (QED) is 0.589. The minimum atomic E-state index is -0.494. The summed E-state index contributed by atoms with van der Waals surface area (Å²) in [5.41, 5.74) is 1.11. The van der Waals surface area contributed by atoms with Crippen molar-refractivity contribution in [3.05, 3.63) is 65.2 Å². The Bertz CT molecular complexity index is 980. The van der Waals surface area contributed by atoms with Crippen LogP contribution < -0.4 is 4.74 Å². The third-order valence-corrected chi connectivity index (χ3v) is 6.68. The molecule has 0 aliphatic carbocycles. The number of rotatable bonds is 8. The predicted molar refractivity (Wildman–Crippen MR) is 126 cm³/mol. The van der Waals surface area contributed by atoms with Gasteiger partial charge in [0, 0.05) is 24.5 Å². The average Bonchev–Trinajstić information content (AvgIpc) is 3.52. The lowest BCUT2D eigenvalue weighted by atomic mass is 10.1. The van der Waals surface area contributed by atoms with Gasteiger partial charge in [0.25, 0.3) is 0 Å². The van der Waals surface area contributed by atoms with Crippen LogP contribution in [0.5, 0.6) is 5.75 Å². The van der Waals surface area contributed by atoms with Crippen LogP contribution in [0.15, 0.2) is 54.6 Å². The van der Waals surface area contributed by atoms with Crippen molar-refractivity contribution in [3.63, 3.8) is 0 Å². The summed E-state index contributed by atoms with van der Waals surface area (Å²) < 4.78 is 5.61. The molecular formula is C26H29ClN2O4. The van der Waals surface area contributed by atoms with Crippen LogP contribution in [0, 0.1) is 0 Å². The molecule has 2 fully saturated rings. The summed E-state index contributed by atoms with van der Waals surface area (Å²) in [7, 11) is 0. The molecule has 2 saturated heterocycles. The molecule has 2 atom stereocenters. The van der Waals surface area contributed by atoms with Crippen molar-refractivity contribution in [3.8, 4) is 5.75 Å². The molecule has 0 radical (unpaired) electrons. The van der Waals surface area contributed by atoms with Crippen molar-refractivity contribution < 1.29 is 19.1 Å². The highest BCUT2D eigenvalue weighted by molar-refractivity contribution is 6.30. The first-order valence-corrected chi connectivity index (χ1v) is 12.0. The van der Waals surface area contributed by atoms with E-state index in [4.69, 9.17) is 16.3 Å². The zero-order valence-electron chi connectivity index (χ0n) is 18.6. The van der Waals surface area contributed by atoms with Crippen molar-refractivity contribution in [1.29, 1.82) is 0 Å². The monoisotopic (exact) mass is 468 g/mol. The number of nitrogens with zero attached hydrogens (tertiary/aromatic N) is 2. The Morgan fingerprint density at radius 1 is 0.879 bits per heavy atom. The van der Waals surface area contributed by atoms with Crippen LogP contribution in [0.3, 0.4) is 0 Å². The molecule has 0 aromatic heterocycles. The first-order valence-electron chi connectivity index (χ1n) is 11.6. The highest BCUT2D eigenvalue weighted by Crippen LogP contribution is 2.26. The second-order valence-electron chi connectivity index (χ2n) is 8.63. The number of halogens is 1. The van der Waals surface area contributed by atoms with Gasteiger partial charge in [0.1, 0.15) is 18.4 Å². The third-order valence-electron chi connectivity index (χ3n) is 6.43. The van der Waals surface area contributed by atoms with Gasteiger partial charge >= 0.3 is 0 Å². The normalized spacial score (nSPS) is 20.2. The number of hydrogen-bond acceptors (Lipinski definition) is 4. The molecule has 0 N–H and O–H groups in total. The van der Waals surface area contributed by atoms with Crippen LogP contribution in [0.4, 0.5) is 0 Å². The molecule has 174 valence electrons. The number of amides is 2. The van der Waals surface area contributed by atoms with Crippen molar-refractivity contribution in [2.45, 2.75) is 50.6 Å². The van der Waals surface area contributed by atoms with E-state index < -0.39 is 12.1 Å². The molecule has 2 aliphatic heterocycles.